The Bertz CT molecular complexity index is 611. The normalized spacial score (nSPS) is 20.7. The number of hydrogen-bond donors (Lipinski definition) is 1. The van der Waals surface area contributed by atoms with Gasteiger partial charge in [-0.15, -0.1) is 0 Å². The zero-order valence-electron chi connectivity index (χ0n) is 13.0. The van der Waals surface area contributed by atoms with Crippen LogP contribution in [0.1, 0.15) is 31.2 Å². The summed E-state index contributed by atoms with van der Waals surface area (Å²) in [6.45, 7) is 0. The SMILES string of the molecule is O=C(Cc1ccccc1)NC1CCC(Oc2ncccn2)CC1. The van der Waals surface area contributed by atoms with Gasteiger partial charge in [0, 0.05) is 18.4 Å². The third kappa shape index (κ3) is 4.77. The van der Waals surface area contributed by atoms with Crippen LogP contribution < -0.4 is 10.1 Å². The van der Waals surface area contributed by atoms with Gasteiger partial charge in [0.25, 0.3) is 0 Å². The molecule has 0 radical (unpaired) electrons. The molecule has 5 nitrogen and oxygen atoms in total. The van der Waals surface area contributed by atoms with Gasteiger partial charge in [0.15, 0.2) is 0 Å². The van der Waals surface area contributed by atoms with Crippen molar-refractivity contribution in [3.63, 3.8) is 0 Å². The molecule has 1 aliphatic carbocycles. The molecule has 1 aromatic heterocycles. The zero-order valence-corrected chi connectivity index (χ0v) is 13.0. The van der Waals surface area contributed by atoms with Crippen molar-refractivity contribution in [1.82, 2.24) is 15.3 Å². The second kappa shape index (κ2) is 7.72. The van der Waals surface area contributed by atoms with Crippen LogP contribution in [0.4, 0.5) is 0 Å². The minimum absolute atomic E-state index is 0.0898. The number of ether oxygens (including phenoxy) is 1. The first kappa shape index (κ1) is 15.5. The molecule has 1 amide bonds. The molecule has 5 heteroatoms. The molecule has 2 aromatic rings. The fourth-order valence-corrected chi connectivity index (χ4v) is 2.88. The number of nitrogens with one attached hydrogen (secondary N) is 1. The van der Waals surface area contributed by atoms with Gasteiger partial charge in [-0.3, -0.25) is 4.79 Å². The van der Waals surface area contributed by atoms with E-state index in [4.69, 9.17) is 4.74 Å². The van der Waals surface area contributed by atoms with E-state index in [1.807, 2.05) is 30.3 Å². The van der Waals surface area contributed by atoms with Gasteiger partial charge in [0.05, 0.1) is 6.42 Å². The second-order valence-corrected chi connectivity index (χ2v) is 5.85. The number of rotatable bonds is 5. The minimum atomic E-state index is 0.0898. The van der Waals surface area contributed by atoms with E-state index in [0.717, 1.165) is 31.2 Å². The lowest BCUT2D eigenvalue weighted by Gasteiger charge is -2.28. The number of hydrogen-bond acceptors (Lipinski definition) is 4. The Labute approximate surface area is 136 Å². The fourth-order valence-electron chi connectivity index (χ4n) is 2.88. The van der Waals surface area contributed by atoms with Crippen molar-refractivity contribution in [3.05, 3.63) is 54.4 Å². The van der Waals surface area contributed by atoms with E-state index in [2.05, 4.69) is 15.3 Å². The van der Waals surface area contributed by atoms with Gasteiger partial charge < -0.3 is 10.1 Å². The molecule has 3 rings (SSSR count). The van der Waals surface area contributed by atoms with E-state index in [1.54, 1.807) is 18.5 Å². The van der Waals surface area contributed by atoms with Crippen LogP contribution in [0.25, 0.3) is 0 Å². The van der Waals surface area contributed by atoms with Gasteiger partial charge >= 0.3 is 6.01 Å². The van der Waals surface area contributed by atoms with Crippen molar-refractivity contribution in [3.8, 4) is 6.01 Å². The fraction of sp³-hybridized carbons (Fsp3) is 0.389. The predicted molar refractivity (Wildman–Crippen MR) is 87.0 cm³/mol. The highest BCUT2D eigenvalue weighted by molar-refractivity contribution is 5.78. The van der Waals surface area contributed by atoms with Crippen LogP contribution >= 0.6 is 0 Å². The van der Waals surface area contributed by atoms with E-state index >= 15 is 0 Å². The number of carbonyl (C=O) groups is 1. The van der Waals surface area contributed by atoms with Gasteiger partial charge in [-0.25, -0.2) is 9.97 Å². The Kier molecular flexibility index (Phi) is 5.19. The Morgan fingerprint density at radius 1 is 1.04 bits per heavy atom. The molecule has 0 unspecified atom stereocenters. The summed E-state index contributed by atoms with van der Waals surface area (Å²) in [5.74, 6) is 0.0898. The van der Waals surface area contributed by atoms with Gasteiger partial charge in [-0.2, -0.15) is 0 Å². The van der Waals surface area contributed by atoms with Crippen molar-refractivity contribution < 1.29 is 9.53 Å². The van der Waals surface area contributed by atoms with Crippen molar-refractivity contribution in [1.29, 1.82) is 0 Å². The maximum Gasteiger partial charge on any atom is 0.316 e. The lowest BCUT2D eigenvalue weighted by molar-refractivity contribution is -0.121. The molecule has 23 heavy (non-hydrogen) atoms. The highest BCUT2D eigenvalue weighted by Gasteiger charge is 2.24. The molecule has 0 bridgehead atoms. The highest BCUT2D eigenvalue weighted by Crippen LogP contribution is 2.22. The Hall–Kier alpha value is -2.43. The Morgan fingerprint density at radius 3 is 2.43 bits per heavy atom. The first-order valence-electron chi connectivity index (χ1n) is 8.06. The average molecular weight is 311 g/mol. The summed E-state index contributed by atoms with van der Waals surface area (Å²) in [7, 11) is 0. The maximum absolute atomic E-state index is 12.1. The second-order valence-electron chi connectivity index (χ2n) is 5.85. The summed E-state index contributed by atoms with van der Waals surface area (Å²) < 4.78 is 5.77. The molecular weight excluding hydrogens is 290 g/mol. The van der Waals surface area contributed by atoms with Crippen molar-refractivity contribution in [2.24, 2.45) is 0 Å². The molecule has 1 heterocycles. The van der Waals surface area contributed by atoms with Crippen LogP contribution in [0.2, 0.25) is 0 Å². The lowest BCUT2D eigenvalue weighted by Crippen LogP contribution is -2.40. The number of nitrogens with zero attached hydrogens (tertiary/aromatic N) is 2. The van der Waals surface area contributed by atoms with E-state index in [9.17, 15) is 4.79 Å². The molecule has 1 N–H and O–H groups in total. The van der Waals surface area contributed by atoms with E-state index < -0.39 is 0 Å². The van der Waals surface area contributed by atoms with Crippen molar-refractivity contribution in [2.45, 2.75) is 44.2 Å². The monoisotopic (exact) mass is 311 g/mol. The Balaban J connectivity index is 1.41. The first-order valence-corrected chi connectivity index (χ1v) is 8.06. The van der Waals surface area contributed by atoms with Crippen LogP contribution in [0, 0.1) is 0 Å². The molecule has 0 atom stereocenters. The number of benzene rings is 1. The topological polar surface area (TPSA) is 64.1 Å². The van der Waals surface area contributed by atoms with E-state index in [-0.39, 0.29) is 18.1 Å². The lowest BCUT2D eigenvalue weighted by atomic mass is 9.93. The third-order valence-electron chi connectivity index (χ3n) is 4.06. The van der Waals surface area contributed by atoms with Crippen LogP contribution in [0.5, 0.6) is 6.01 Å². The summed E-state index contributed by atoms with van der Waals surface area (Å²) in [6, 6.07) is 12.3. The van der Waals surface area contributed by atoms with Gasteiger partial charge in [-0.1, -0.05) is 30.3 Å². The average Bonchev–Trinajstić information content (AvgIpc) is 2.58. The standard InChI is InChI=1S/C18H21N3O2/c22-17(13-14-5-2-1-3-6-14)21-15-7-9-16(10-8-15)23-18-19-11-4-12-20-18/h1-6,11-12,15-16H,7-10,13H2,(H,21,22). The molecule has 0 aliphatic heterocycles. The van der Waals surface area contributed by atoms with E-state index in [1.165, 1.54) is 0 Å². The summed E-state index contributed by atoms with van der Waals surface area (Å²) in [6.07, 6.45) is 7.61. The molecule has 1 aromatic carbocycles. The molecular formula is C18H21N3O2. The van der Waals surface area contributed by atoms with Gasteiger partial charge in [-0.05, 0) is 37.3 Å². The van der Waals surface area contributed by atoms with Crippen LogP contribution in [-0.2, 0) is 11.2 Å². The largest absolute Gasteiger partial charge is 0.460 e. The summed E-state index contributed by atoms with van der Waals surface area (Å²) in [4.78, 5) is 20.3. The number of amides is 1. The quantitative estimate of drug-likeness (QED) is 0.921. The smallest absolute Gasteiger partial charge is 0.316 e. The minimum Gasteiger partial charge on any atom is -0.460 e. The Morgan fingerprint density at radius 2 is 1.74 bits per heavy atom. The number of aromatic nitrogens is 2. The molecule has 120 valence electrons. The summed E-state index contributed by atoms with van der Waals surface area (Å²) >= 11 is 0. The predicted octanol–water partition coefficient (Wildman–Crippen LogP) is 2.53. The van der Waals surface area contributed by atoms with Gasteiger partial charge in [0.2, 0.25) is 5.91 Å². The molecule has 1 fully saturated rings. The molecule has 1 saturated carbocycles. The molecule has 0 spiro atoms. The molecule has 0 saturated heterocycles. The first-order chi connectivity index (χ1) is 11.3. The highest BCUT2D eigenvalue weighted by atomic mass is 16.5. The van der Waals surface area contributed by atoms with Gasteiger partial charge in [0.1, 0.15) is 6.10 Å². The summed E-state index contributed by atoms with van der Waals surface area (Å²) in [5.41, 5.74) is 1.04. The van der Waals surface area contributed by atoms with Crippen LogP contribution in [0.3, 0.4) is 0 Å². The zero-order chi connectivity index (χ0) is 15.9. The van der Waals surface area contributed by atoms with Crippen LogP contribution in [-0.4, -0.2) is 28.0 Å². The third-order valence-corrected chi connectivity index (χ3v) is 4.06. The van der Waals surface area contributed by atoms with Crippen molar-refractivity contribution >= 4 is 5.91 Å². The maximum atomic E-state index is 12.1. The summed E-state index contributed by atoms with van der Waals surface area (Å²) in [5, 5.41) is 3.13. The van der Waals surface area contributed by atoms with E-state index in [0.29, 0.717) is 12.4 Å². The van der Waals surface area contributed by atoms with Crippen LogP contribution in [0.15, 0.2) is 48.8 Å². The molecule has 1 aliphatic rings. The number of carbonyl (C=O) groups excluding carboxylic acids is 1. The van der Waals surface area contributed by atoms with Crippen molar-refractivity contribution in [2.75, 3.05) is 0 Å².